The summed E-state index contributed by atoms with van der Waals surface area (Å²) in [5.41, 5.74) is 5.70. The molecular formula is C10H20N2O4. The highest BCUT2D eigenvalue weighted by atomic mass is 16.5. The third-order valence-electron chi connectivity index (χ3n) is 2.60. The second-order valence-corrected chi connectivity index (χ2v) is 4.00. The lowest BCUT2D eigenvalue weighted by Crippen LogP contribution is -2.41. The first-order chi connectivity index (χ1) is 7.65. The van der Waals surface area contributed by atoms with Crippen LogP contribution < -0.4 is 11.1 Å². The van der Waals surface area contributed by atoms with Crippen LogP contribution in [0.1, 0.15) is 6.42 Å². The highest BCUT2D eigenvalue weighted by molar-refractivity contribution is 5.79. The molecule has 1 heterocycles. The number of aliphatic hydroxyl groups excluding tert-OH is 1. The molecule has 16 heavy (non-hydrogen) atoms. The molecule has 6 nitrogen and oxygen atoms in total. The molecule has 0 spiro atoms. The van der Waals surface area contributed by atoms with E-state index in [9.17, 15) is 9.90 Å². The molecule has 0 aromatic carbocycles. The summed E-state index contributed by atoms with van der Waals surface area (Å²) in [5.74, 6) is -0.366. The van der Waals surface area contributed by atoms with E-state index in [1.165, 1.54) is 7.11 Å². The predicted molar refractivity (Wildman–Crippen MR) is 57.8 cm³/mol. The molecule has 3 unspecified atom stereocenters. The van der Waals surface area contributed by atoms with E-state index in [4.69, 9.17) is 15.2 Å². The van der Waals surface area contributed by atoms with Gasteiger partial charge in [-0.05, 0) is 6.42 Å². The smallest absolute Gasteiger partial charge is 0.227 e. The minimum absolute atomic E-state index is 0.102. The number of nitrogens with one attached hydrogen (secondary N) is 1. The first-order valence-electron chi connectivity index (χ1n) is 5.43. The van der Waals surface area contributed by atoms with Gasteiger partial charge in [-0.15, -0.1) is 0 Å². The number of amides is 1. The van der Waals surface area contributed by atoms with Crippen molar-refractivity contribution < 1.29 is 19.4 Å². The van der Waals surface area contributed by atoms with Crippen LogP contribution in [0.25, 0.3) is 0 Å². The van der Waals surface area contributed by atoms with Crippen molar-refractivity contribution in [3.8, 4) is 0 Å². The molecule has 1 rings (SSSR count). The fourth-order valence-corrected chi connectivity index (χ4v) is 1.61. The molecule has 0 radical (unpaired) electrons. The van der Waals surface area contributed by atoms with Gasteiger partial charge in [0.15, 0.2) is 0 Å². The van der Waals surface area contributed by atoms with Crippen molar-refractivity contribution in [3.05, 3.63) is 0 Å². The van der Waals surface area contributed by atoms with Crippen LogP contribution in [0.15, 0.2) is 0 Å². The molecule has 1 amide bonds. The van der Waals surface area contributed by atoms with Crippen molar-refractivity contribution in [2.45, 2.75) is 18.6 Å². The molecule has 0 bridgehead atoms. The van der Waals surface area contributed by atoms with Crippen LogP contribution >= 0.6 is 0 Å². The Hall–Kier alpha value is -0.690. The van der Waals surface area contributed by atoms with E-state index >= 15 is 0 Å². The van der Waals surface area contributed by atoms with Gasteiger partial charge in [0, 0.05) is 19.7 Å². The molecule has 0 saturated carbocycles. The Balaban J connectivity index is 2.15. The van der Waals surface area contributed by atoms with E-state index in [0.29, 0.717) is 26.2 Å². The third-order valence-corrected chi connectivity index (χ3v) is 2.60. The summed E-state index contributed by atoms with van der Waals surface area (Å²) in [6, 6.07) is -0.219. The summed E-state index contributed by atoms with van der Waals surface area (Å²) < 4.78 is 9.88. The van der Waals surface area contributed by atoms with E-state index in [2.05, 4.69) is 5.32 Å². The highest BCUT2D eigenvalue weighted by Gasteiger charge is 2.30. The molecule has 6 heteroatoms. The van der Waals surface area contributed by atoms with Gasteiger partial charge < -0.3 is 25.6 Å². The molecule has 0 aromatic heterocycles. The van der Waals surface area contributed by atoms with E-state index in [1.807, 2.05) is 0 Å². The maximum atomic E-state index is 11.6. The zero-order chi connectivity index (χ0) is 12.0. The van der Waals surface area contributed by atoms with Crippen LogP contribution in [0.4, 0.5) is 0 Å². The normalized spacial score (nSPS) is 26.7. The van der Waals surface area contributed by atoms with Gasteiger partial charge in [-0.1, -0.05) is 0 Å². The number of rotatable bonds is 6. The number of methoxy groups -OCH3 is 1. The number of aliphatic hydroxyl groups is 1. The van der Waals surface area contributed by atoms with Gasteiger partial charge in [0.05, 0.1) is 31.8 Å². The van der Waals surface area contributed by atoms with Crippen LogP contribution in [0.2, 0.25) is 0 Å². The molecule has 0 aliphatic carbocycles. The minimum atomic E-state index is -0.543. The molecule has 0 aromatic rings. The van der Waals surface area contributed by atoms with E-state index < -0.39 is 6.10 Å². The Bertz CT molecular complexity index is 225. The zero-order valence-electron chi connectivity index (χ0n) is 9.52. The van der Waals surface area contributed by atoms with Crippen molar-refractivity contribution in [2.24, 2.45) is 11.7 Å². The second-order valence-electron chi connectivity index (χ2n) is 4.00. The Labute approximate surface area is 95.1 Å². The molecule has 4 N–H and O–H groups in total. The van der Waals surface area contributed by atoms with E-state index in [0.717, 1.165) is 0 Å². The summed E-state index contributed by atoms with van der Waals surface area (Å²) in [6.45, 7) is 1.52. The van der Waals surface area contributed by atoms with Crippen LogP contribution in [0.5, 0.6) is 0 Å². The lowest BCUT2D eigenvalue weighted by molar-refractivity contribution is -0.125. The number of ether oxygens (including phenoxy) is 2. The summed E-state index contributed by atoms with van der Waals surface area (Å²) in [7, 11) is 1.52. The van der Waals surface area contributed by atoms with Gasteiger partial charge in [-0.25, -0.2) is 0 Å². The van der Waals surface area contributed by atoms with Crippen molar-refractivity contribution in [1.82, 2.24) is 5.32 Å². The number of hydrogen-bond donors (Lipinski definition) is 3. The molecule has 1 saturated heterocycles. The maximum Gasteiger partial charge on any atom is 0.227 e. The fraction of sp³-hybridized carbons (Fsp3) is 0.900. The third kappa shape index (κ3) is 4.05. The molecule has 1 aliphatic rings. The van der Waals surface area contributed by atoms with Gasteiger partial charge in [-0.3, -0.25) is 4.79 Å². The quantitative estimate of drug-likeness (QED) is 0.517. The summed E-state index contributed by atoms with van der Waals surface area (Å²) >= 11 is 0. The van der Waals surface area contributed by atoms with Gasteiger partial charge in [0.2, 0.25) is 5.91 Å². The lowest BCUT2D eigenvalue weighted by atomic mass is 10.0. The Morgan fingerprint density at radius 3 is 3.00 bits per heavy atom. The Morgan fingerprint density at radius 2 is 2.44 bits per heavy atom. The molecule has 1 aliphatic heterocycles. The first kappa shape index (κ1) is 13.4. The average Bonchev–Trinajstić information content (AvgIpc) is 2.64. The van der Waals surface area contributed by atoms with Crippen LogP contribution in [-0.4, -0.2) is 56.6 Å². The first-order valence-corrected chi connectivity index (χ1v) is 5.43. The van der Waals surface area contributed by atoms with Gasteiger partial charge in [-0.2, -0.15) is 0 Å². The highest BCUT2D eigenvalue weighted by Crippen LogP contribution is 2.11. The second kappa shape index (κ2) is 6.80. The van der Waals surface area contributed by atoms with Crippen molar-refractivity contribution in [2.75, 3.05) is 33.5 Å². The number of carbonyl (C=O) groups excluding carboxylic acids is 1. The fourth-order valence-electron chi connectivity index (χ4n) is 1.61. The van der Waals surface area contributed by atoms with Crippen LogP contribution in [0, 0.1) is 5.92 Å². The Kier molecular flexibility index (Phi) is 5.68. The molecule has 94 valence electrons. The van der Waals surface area contributed by atoms with Gasteiger partial charge >= 0.3 is 0 Å². The minimum Gasteiger partial charge on any atom is -0.391 e. The van der Waals surface area contributed by atoms with Crippen molar-refractivity contribution in [3.63, 3.8) is 0 Å². The average molecular weight is 232 g/mol. The van der Waals surface area contributed by atoms with Crippen LogP contribution in [0.3, 0.4) is 0 Å². The summed E-state index contributed by atoms with van der Waals surface area (Å²) in [5, 5.41) is 12.1. The summed E-state index contributed by atoms with van der Waals surface area (Å²) in [4.78, 5) is 11.6. The Morgan fingerprint density at radius 1 is 1.69 bits per heavy atom. The number of carbonyl (C=O) groups is 1. The molecule has 3 atom stereocenters. The topological polar surface area (TPSA) is 93.8 Å². The maximum absolute atomic E-state index is 11.6. The van der Waals surface area contributed by atoms with Crippen molar-refractivity contribution in [1.29, 1.82) is 0 Å². The number of nitrogens with two attached hydrogens (primary N) is 1. The standard InChI is InChI=1S/C10H20N2O4/c1-15-4-7(13)2-3-12-10(14)8-5-16-6-9(8)11/h7-9,13H,2-6,11H2,1H3,(H,12,14). The monoisotopic (exact) mass is 232 g/mol. The van der Waals surface area contributed by atoms with Gasteiger partial charge in [0.25, 0.3) is 0 Å². The van der Waals surface area contributed by atoms with E-state index in [-0.39, 0.29) is 24.5 Å². The van der Waals surface area contributed by atoms with E-state index in [1.54, 1.807) is 0 Å². The lowest BCUT2D eigenvalue weighted by Gasteiger charge is -2.14. The zero-order valence-corrected chi connectivity index (χ0v) is 9.52. The van der Waals surface area contributed by atoms with Crippen molar-refractivity contribution >= 4 is 5.91 Å². The SMILES string of the molecule is COCC(O)CCNC(=O)C1COCC1N. The molecule has 1 fully saturated rings. The predicted octanol–water partition coefficient (Wildman–Crippen LogP) is -1.53. The summed E-state index contributed by atoms with van der Waals surface area (Å²) in [6.07, 6.45) is -0.0682. The molecular weight excluding hydrogens is 212 g/mol. The van der Waals surface area contributed by atoms with Gasteiger partial charge in [0.1, 0.15) is 0 Å². The largest absolute Gasteiger partial charge is 0.391 e. The van der Waals surface area contributed by atoms with Crippen LogP contribution in [-0.2, 0) is 14.3 Å². The number of hydrogen-bond acceptors (Lipinski definition) is 5.